The van der Waals surface area contributed by atoms with Gasteiger partial charge in [0.05, 0.1) is 32.7 Å². The van der Waals surface area contributed by atoms with Crippen LogP contribution in [0, 0.1) is 33.1 Å². The van der Waals surface area contributed by atoms with E-state index in [0.717, 1.165) is 49.2 Å². The molecule has 0 saturated carbocycles. The van der Waals surface area contributed by atoms with Crippen LogP contribution in [0.15, 0.2) is 42.6 Å². The minimum Gasteiger partial charge on any atom is -0.307 e. The minimum absolute atomic E-state index is 0.0783. The van der Waals surface area contributed by atoms with Gasteiger partial charge < -0.3 is 4.40 Å². The van der Waals surface area contributed by atoms with Crippen molar-refractivity contribution in [1.29, 1.82) is 0 Å². The summed E-state index contributed by atoms with van der Waals surface area (Å²) < 4.78 is 46.6. The number of fused-ring (bicyclic) bond motifs is 6. The van der Waals surface area contributed by atoms with Gasteiger partial charge in [0.1, 0.15) is 7.05 Å². The number of halogens is 3. The van der Waals surface area contributed by atoms with Crippen LogP contribution in [-0.2, 0) is 13.5 Å². The zero-order valence-electron chi connectivity index (χ0n) is 21.8. The van der Waals surface area contributed by atoms with Crippen LogP contribution in [0.4, 0.5) is 13.2 Å². The van der Waals surface area contributed by atoms with E-state index in [1.807, 2.05) is 30.5 Å². The van der Waals surface area contributed by atoms with Gasteiger partial charge in [0.25, 0.3) is 0 Å². The van der Waals surface area contributed by atoms with Gasteiger partial charge in [-0.3, -0.25) is 0 Å². The molecule has 3 aromatic heterocycles. The van der Waals surface area contributed by atoms with Gasteiger partial charge in [-0.1, -0.05) is 32.0 Å². The molecule has 0 bridgehead atoms. The van der Waals surface area contributed by atoms with Crippen molar-refractivity contribution in [1.82, 2.24) is 4.40 Å². The van der Waals surface area contributed by atoms with Crippen LogP contribution in [0.1, 0.15) is 41.7 Å². The van der Waals surface area contributed by atoms with Crippen LogP contribution in [0.3, 0.4) is 0 Å². The molecule has 0 aliphatic carbocycles. The lowest BCUT2D eigenvalue weighted by atomic mass is 9.82. The first kappa shape index (κ1) is 23.1. The molecule has 3 heterocycles. The summed E-state index contributed by atoms with van der Waals surface area (Å²) in [7, 11) is 2.06. The maximum absolute atomic E-state index is 14.0. The van der Waals surface area contributed by atoms with E-state index < -0.39 is 11.6 Å². The first-order valence-electron chi connectivity index (χ1n) is 12.4. The lowest BCUT2D eigenvalue weighted by Crippen LogP contribution is -2.34. The number of hydrogen-bond acceptors (Lipinski definition) is 0. The molecule has 2 nitrogen and oxygen atoms in total. The smallest absolute Gasteiger partial charge is 0.307 e. The van der Waals surface area contributed by atoms with Crippen LogP contribution >= 0.6 is 0 Å². The highest BCUT2D eigenvalue weighted by atomic mass is 19.4. The second-order valence-electron chi connectivity index (χ2n) is 11.1. The number of pyridine rings is 2. The van der Waals surface area contributed by atoms with Crippen molar-refractivity contribution >= 4 is 49.0 Å². The highest BCUT2D eigenvalue weighted by Crippen LogP contribution is 2.47. The normalized spacial score (nSPS) is 13.4. The van der Waals surface area contributed by atoms with Crippen molar-refractivity contribution in [2.75, 3.05) is 0 Å². The molecule has 184 valence electrons. The Labute approximate surface area is 208 Å². The predicted molar refractivity (Wildman–Crippen MR) is 142 cm³/mol. The van der Waals surface area contributed by atoms with Crippen molar-refractivity contribution in [3.63, 3.8) is 0 Å². The van der Waals surface area contributed by atoms with Crippen LogP contribution in [0.25, 0.3) is 49.0 Å². The van der Waals surface area contributed by atoms with Gasteiger partial charge in [-0.2, -0.15) is 13.2 Å². The summed E-state index contributed by atoms with van der Waals surface area (Å²) in [6.07, 6.45) is -2.34. The molecular weight excluding hydrogens is 457 g/mol. The summed E-state index contributed by atoms with van der Waals surface area (Å²) in [6.45, 7) is 11.3. The molecule has 0 spiro atoms. The lowest BCUT2D eigenvalue weighted by molar-refractivity contribution is -0.643. The molecule has 6 rings (SSSR count). The summed E-state index contributed by atoms with van der Waals surface area (Å²) >= 11 is 0. The highest BCUT2D eigenvalue weighted by Gasteiger charge is 2.47. The van der Waals surface area contributed by atoms with E-state index in [1.54, 1.807) is 0 Å². The van der Waals surface area contributed by atoms with E-state index in [2.05, 4.69) is 55.8 Å². The zero-order chi connectivity index (χ0) is 25.9. The third kappa shape index (κ3) is 2.77. The van der Waals surface area contributed by atoms with E-state index in [9.17, 15) is 13.2 Å². The zero-order valence-corrected chi connectivity index (χ0v) is 21.8. The fourth-order valence-corrected chi connectivity index (χ4v) is 6.21. The van der Waals surface area contributed by atoms with Gasteiger partial charge in [0, 0.05) is 16.8 Å². The molecule has 5 heteroatoms. The molecule has 0 N–H and O–H groups in total. The van der Waals surface area contributed by atoms with Crippen LogP contribution in [0.5, 0.6) is 0 Å². The SMILES string of the molecule is Cc1c(C)c(C)c2c(c1C)c1c3c(cc[n+]1C)cc(CC(C)(C)C(F)(F)F)c1c4ccccc4n2c13. The van der Waals surface area contributed by atoms with Gasteiger partial charge >= 0.3 is 6.18 Å². The van der Waals surface area contributed by atoms with Gasteiger partial charge in [-0.25, -0.2) is 4.57 Å². The summed E-state index contributed by atoms with van der Waals surface area (Å²) in [4.78, 5) is 0. The first-order chi connectivity index (χ1) is 16.8. The van der Waals surface area contributed by atoms with Crippen molar-refractivity contribution in [2.45, 2.75) is 54.1 Å². The van der Waals surface area contributed by atoms with Crippen LogP contribution < -0.4 is 4.57 Å². The first-order valence-corrected chi connectivity index (χ1v) is 12.4. The molecule has 0 aliphatic heterocycles. The van der Waals surface area contributed by atoms with E-state index in [1.165, 1.54) is 41.5 Å². The fourth-order valence-electron chi connectivity index (χ4n) is 6.21. The molecule has 0 fully saturated rings. The fraction of sp³-hybridized carbons (Fsp3) is 0.323. The van der Waals surface area contributed by atoms with Crippen molar-refractivity contribution in [2.24, 2.45) is 12.5 Å². The maximum Gasteiger partial charge on any atom is 0.394 e. The Kier molecular flexibility index (Phi) is 4.56. The van der Waals surface area contributed by atoms with Gasteiger partial charge in [0.15, 0.2) is 6.20 Å². The average Bonchev–Trinajstić information content (AvgIpc) is 3.16. The number of hydrogen-bond donors (Lipinski definition) is 0. The predicted octanol–water partition coefficient (Wildman–Crippen LogP) is 8.18. The lowest BCUT2D eigenvalue weighted by Gasteiger charge is -2.28. The van der Waals surface area contributed by atoms with Crippen molar-refractivity contribution < 1.29 is 17.7 Å². The molecular formula is C31H30F3N2+. The van der Waals surface area contributed by atoms with Gasteiger partial charge in [-0.15, -0.1) is 0 Å². The Bertz CT molecular complexity index is 1870. The Hall–Kier alpha value is -3.34. The molecule has 36 heavy (non-hydrogen) atoms. The number of aryl methyl sites for hydroxylation is 3. The van der Waals surface area contributed by atoms with E-state index in [0.29, 0.717) is 0 Å². The summed E-state index contributed by atoms with van der Waals surface area (Å²) in [6, 6.07) is 12.2. The van der Waals surface area contributed by atoms with E-state index in [4.69, 9.17) is 0 Å². The quantitative estimate of drug-likeness (QED) is 0.132. The summed E-state index contributed by atoms with van der Waals surface area (Å²) in [5, 5.41) is 5.24. The van der Waals surface area contributed by atoms with Gasteiger partial charge in [-0.05, 0) is 79.5 Å². The summed E-state index contributed by atoms with van der Waals surface area (Å²) in [5.41, 5.74) is 8.22. The van der Waals surface area contributed by atoms with Crippen LogP contribution in [0.2, 0.25) is 0 Å². The van der Waals surface area contributed by atoms with Crippen molar-refractivity contribution in [3.05, 3.63) is 70.4 Å². The number of rotatable bonds is 2. The minimum atomic E-state index is -4.30. The topological polar surface area (TPSA) is 8.29 Å². The Morgan fingerprint density at radius 1 is 0.806 bits per heavy atom. The Morgan fingerprint density at radius 2 is 1.47 bits per heavy atom. The molecule has 6 aromatic rings. The van der Waals surface area contributed by atoms with Crippen LogP contribution in [-0.4, -0.2) is 10.6 Å². The second kappa shape index (κ2) is 7.12. The second-order valence-corrected chi connectivity index (χ2v) is 11.1. The number of aromatic nitrogens is 2. The Balaban J connectivity index is 1.97. The highest BCUT2D eigenvalue weighted by molar-refractivity contribution is 6.28. The number of nitrogens with zero attached hydrogens (tertiary/aromatic N) is 2. The standard InChI is InChI=1S/C31H30F3N2/c1-16-17(2)19(4)27-24(18(16)3)28-26-20(12-13-35(28)7)14-21(15-30(5,6)31(32,33)34)25-22-10-8-9-11-23(22)36(27)29(25)26/h8-14H,15H2,1-7H3/q+1. The number of benzene rings is 3. The largest absolute Gasteiger partial charge is 0.394 e. The van der Waals surface area contributed by atoms with E-state index >= 15 is 0 Å². The molecule has 0 saturated heterocycles. The monoisotopic (exact) mass is 487 g/mol. The third-order valence-electron chi connectivity index (χ3n) is 8.63. The van der Waals surface area contributed by atoms with Crippen molar-refractivity contribution in [3.8, 4) is 0 Å². The molecule has 0 amide bonds. The van der Waals surface area contributed by atoms with E-state index in [-0.39, 0.29) is 6.42 Å². The number of alkyl halides is 3. The molecule has 3 aromatic carbocycles. The molecule has 0 unspecified atom stereocenters. The molecule has 0 atom stereocenters. The third-order valence-corrected chi connectivity index (χ3v) is 8.63. The number of para-hydroxylation sites is 1. The molecule has 0 radical (unpaired) electrons. The molecule has 0 aliphatic rings. The van der Waals surface area contributed by atoms with Gasteiger partial charge in [0.2, 0.25) is 5.52 Å². The average molecular weight is 488 g/mol. The maximum atomic E-state index is 14.0. The Morgan fingerprint density at radius 3 is 2.17 bits per heavy atom. The summed E-state index contributed by atoms with van der Waals surface area (Å²) in [5.74, 6) is 0.